The molecule has 274 valence electrons. The maximum absolute atomic E-state index is 12.4. The Morgan fingerprint density at radius 1 is 0.769 bits per heavy atom. The molecule has 0 spiro atoms. The second-order valence-electron chi connectivity index (χ2n) is 13.6. The molecule has 6 rings (SSSR count). The Labute approximate surface area is 305 Å². The lowest BCUT2D eigenvalue weighted by Crippen LogP contribution is -2.50. The SMILES string of the molecule is O=C(O)CCCCCCC(=O)NCc1cccc(-c2ccc([C@@H]3O[C@H](CN4CCN(c5ncccn5)CC4)C[C@H](c4ccc(CO)cc4)O3)cc2)c1. The van der Waals surface area contributed by atoms with Crippen LogP contribution in [0, 0.1) is 0 Å². The molecule has 0 bridgehead atoms. The molecule has 0 saturated carbocycles. The molecule has 3 N–H and O–H groups in total. The van der Waals surface area contributed by atoms with Crippen LogP contribution >= 0.6 is 0 Å². The maximum atomic E-state index is 12.4. The van der Waals surface area contributed by atoms with E-state index in [0.29, 0.717) is 19.4 Å². The lowest BCUT2D eigenvalue weighted by Gasteiger charge is -2.40. The molecule has 1 amide bonds. The van der Waals surface area contributed by atoms with Crippen molar-refractivity contribution in [1.29, 1.82) is 0 Å². The number of aliphatic carboxylic acids is 1. The van der Waals surface area contributed by atoms with Gasteiger partial charge >= 0.3 is 5.97 Å². The molecule has 2 aliphatic heterocycles. The summed E-state index contributed by atoms with van der Waals surface area (Å²) in [5, 5.41) is 21.3. The van der Waals surface area contributed by atoms with Crippen LogP contribution in [0.1, 0.15) is 79.6 Å². The van der Waals surface area contributed by atoms with E-state index in [1.165, 1.54) is 0 Å². The molecule has 1 aromatic heterocycles. The number of unbranched alkanes of at least 4 members (excludes halogenated alkanes) is 3. The van der Waals surface area contributed by atoms with Gasteiger partial charge in [-0.25, -0.2) is 9.97 Å². The summed E-state index contributed by atoms with van der Waals surface area (Å²) in [5.41, 5.74) is 6.02. The Hall–Kier alpha value is -4.68. The zero-order valence-electron chi connectivity index (χ0n) is 29.6. The quantitative estimate of drug-likeness (QED) is 0.118. The van der Waals surface area contributed by atoms with Crippen LogP contribution in [0.15, 0.2) is 91.3 Å². The number of carbonyl (C=O) groups excluding carboxylic acids is 1. The third-order valence-corrected chi connectivity index (χ3v) is 9.76. The zero-order chi connectivity index (χ0) is 36.1. The van der Waals surface area contributed by atoms with Gasteiger partial charge in [-0.1, -0.05) is 79.6 Å². The molecule has 52 heavy (non-hydrogen) atoms. The van der Waals surface area contributed by atoms with E-state index in [2.05, 4.69) is 61.5 Å². The van der Waals surface area contributed by atoms with Gasteiger partial charge in [0.2, 0.25) is 11.9 Å². The highest BCUT2D eigenvalue weighted by molar-refractivity contribution is 5.76. The van der Waals surface area contributed by atoms with E-state index in [1.54, 1.807) is 12.4 Å². The van der Waals surface area contributed by atoms with Crippen molar-refractivity contribution in [3.63, 3.8) is 0 Å². The summed E-state index contributed by atoms with van der Waals surface area (Å²) in [4.78, 5) is 36.5. The molecular formula is C41H49N5O6. The highest BCUT2D eigenvalue weighted by atomic mass is 16.7. The van der Waals surface area contributed by atoms with Gasteiger partial charge in [-0.05, 0) is 52.8 Å². The minimum absolute atomic E-state index is 0.00285. The van der Waals surface area contributed by atoms with Gasteiger partial charge in [0, 0.05) is 76.5 Å². The maximum Gasteiger partial charge on any atom is 0.303 e. The summed E-state index contributed by atoms with van der Waals surface area (Å²) >= 11 is 0. The van der Waals surface area contributed by atoms with Gasteiger partial charge in [0.15, 0.2) is 6.29 Å². The number of hydrogen-bond donors (Lipinski definition) is 3. The molecule has 11 nitrogen and oxygen atoms in total. The van der Waals surface area contributed by atoms with Gasteiger partial charge in [-0.15, -0.1) is 0 Å². The Balaban J connectivity index is 1.06. The molecule has 2 saturated heterocycles. The number of aliphatic hydroxyl groups is 1. The van der Waals surface area contributed by atoms with Crippen molar-refractivity contribution in [3.05, 3.63) is 114 Å². The number of aliphatic hydroxyl groups excluding tert-OH is 1. The van der Waals surface area contributed by atoms with E-state index in [0.717, 1.165) is 97.7 Å². The summed E-state index contributed by atoms with van der Waals surface area (Å²) in [5.74, 6) is 0.00252. The number of rotatable bonds is 16. The predicted molar refractivity (Wildman–Crippen MR) is 198 cm³/mol. The van der Waals surface area contributed by atoms with Crippen LogP contribution in [0.3, 0.4) is 0 Å². The lowest BCUT2D eigenvalue weighted by molar-refractivity contribution is -0.253. The number of hydrogen-bond acceptors (Lipinski definition) is 9. The largest absolute Gasteiger partial charge is 0.481 e. The van der Waals surface area contributed by atoms with E-state index in [4.69, 9.17) is 14.6 Å². The van der Waals surface area contributed by atoms with Crippen molar-refractivity contribution < 1.29 is 29.3 Å². The molecule has 3 aromatic carbocycles. The van der Waals surface area contributed by atoms with Crippen LogP contribution in [-0.4, -0.2) is 75.8 Å². The highest BCUT2D eigenvalue weighted by Gasteiger charge is 2.34. The fourth-order valence-corrected chi connectivity index (χ4v) is 6.80. The van der Waals surface area contributed by atoms with E-state index >= 15 is 0 Å². The molecule has 3 heterocycles. The van der Waals surface area contributed by atoms with Gasteiger partial charge in [0.1, 0.15) is 0 Å². The topological polar surface area (TPSA) is 137 Å². The van der Waals surface area contributed by atoms with Crippen LogP contribution in [0.4, 0.5) is 5.95 Å². The average molecular weight is 708 g/mol. The summed E-state index contributed by atoms with van der Waals surface area (Å²) in [7, 11) is 0. The van der Waals surface area contributed by atoms with Crippen LogP contribution in [0.5, 0.6) is 0 Å². The van der Waals surface area contributed by atoms with Crippen LogP contribution in [0.2, 0.25) is 0 Å². The standard InChI is InChI=1S/C41H49N5O6/c47-29-30-11-13-33(14-12-30)37-26-36(28-45-21-23-46(24-22-45)41-42-19-6-20-43-41)51-40(52-37)34-17-15-32(16-18-34)35-8-5-7-31(25-35)27-44-38(48)9-3-1-2-4-10-39(49)50/h5-8,11-20,25,36-37,40,47H,1-4,9-10,21-24,26-29H2,(H,44,48)(H,49,50)/t36-,37+,40+/m0/s1. The monoisotopic (exact) mass is 707 g/mol. The number of nitrogens with zero attached hydrogens (tertiary/aromatic N) is 4. The van der Waals surface area contributed by atoms with Crippen molar-refractivity contribution in [2.75, 3.05) is 37.6 Å². The normalized spacial score (nSPS) is 19.3. The second-order valence-corrected chi connectivity index (χ2v) is 13.6. The molecule has 3 atom stereocenters. The Morgan fingerprint density at radius 3 is 2.19 bits per heavy atom. The first kappa shape index (κ1) is 37.1. The molecular weight excluding hydrogens is 658 g/mol. The van der Waals surface area contributed by atoms with Crippen LogP contribution < -0.4 is 10.2 Å². The number of nitrogens with one attached hydrogen (secondary N) is 1. The van der Waals surface area contributed by atoms with Crippen LogP contribution in [-0.2, 0) is 32.2 Å². The number of carbonyl (C=O) groups is 2. The fraction of sp³-hybridized carbons (Fsp3) is 0.415. The zero-order valence-corrected chi connectivity index (χ0v) is 29.6. The number of amides is 1. The van der Waals surface area contributed by atoms with Gasteiger partial charge in [-0.3, -0.25) is 14.5 Å². The summed E-state index contributed by atoms with van der Waals surface area (Å²) in [6, 6.07) is 26.3. The number of aromatic nitrogens is 2. The van der Waals surface area contributed by atoms with Crippen molar-refractivity contribution in [2.24, 2.45) is 0 Å². The highest BCUT2D eigenvalue weighted by Crippen LogP contribution is 2.39. The first-order valence-electron chi connectivity index (χ1n) is 18.4. The average Bonchev–Trinajstić information content (AvgIpc) is 3.19. The minimum Gasteiger partial charge on any atom is -0.481 e. The van der Waals surface area contributed by atoms with Crippen LogP contribution in [0.25, 0.3) is 11.1 Å². The summed E-state index contributed by atoms with van der Waals surface area (Å²) in [6.07, 6.45) is 7.27. The predicted octanol–water partition coefficient (Wildman–Crippen LogP) is 6.04. The number of carboxylic acid groups (broad SMARTS) is 1. The summed E-state index contributed by atoms with van der Waals surface area (Å²) in [6.45, 7) is 4.75. The second kappa shape index (κ2) is 18.7. The number of anilines is 1. The Bertz CT molecular complexity index is 1710. The van der Waals surface area contributed by atoms with Gasteiger partial charge in [0.25, 0.3) is 0 Å². The minimum atomic E-state index is -0.773. The smallest absolute Gasteiger partial charge is 0.303 e. The Morgan fingerprint density at radius 2 is 1.48 bits per heavy atom. The van der Waals surface area contributed by atoms with Crippen molar-refractivity contribution in [2.45, 2.75) is 76.6 Å². The number of piperazine rings is 1. The van der Waals surface area contributed by atoms with Gasteiger partial charge < -0.3 is 29.9 Å². The van der Waals surface area contributed by atoms with Crippen molar-refractivity contribution in [1.82, 2.24) is 20.2 Å². The third kappa shape index (κ3) is 10.7. The number of carboxylic acids is 1. The molecule has 0 aliphatic carbocycles. The van der Waals surface area contributed by atoms with Crippen molar-refractivity contribution >= 4 is 17.8 Å². The molecule has 2 fully saturated rings. The third-order valence-electron chi connectivity index (χ3n) is 9.76. The van der Waals surface area contributed by atoms with E-state index in [9.17, 15) is 14.7 Å². The number of ether oxygens (including phenoxy) is 2. The molecule has 0 radical (unpaired) electrons. The molecule has 2 aliphatic rings. The Kier molecular flexibility index (Phi) is 13.3. The molecule has 11 heteroatoms. The number of benzene rings is 3. The van der Waals surface area contributed by atoms with Gasteiger partial charge in [0.05, 0.1) is 18.8 Å². The first-order chi connectivity index (χ1) is 25.4. The summed E-state index contributed by atoms with van der Waals surface area (Å²) < 4.78 is 13.3. The lowest BCUT2D eigenvalue weighted by atomic mass is 9.98. The van der Waals surface area contributed by atoms with Crippen molar-refractivity contribution in [3.8, 4) is 11.1 Å². The van der Waals surface area contributed by atoms with E-state index < -0.39 is 12.3 Å². The van der Waals surface area contributed by atoms with E-state index in [-0.39, 0.29) is 31.1 Å². The first-order valence-corrected chi connectivity index (χ1v) is 18.4. The van der Waals surface area contributed by atoms with Gasteiger partial charge in [-0.2, -0.15) is 0 Å². The fourth-order valence-electron chi connectivity index (χ4n) is 6.80. The molecule has 4 aromatic rings. The molecule has 0 unspecified atom stereocenters. The van der Waals surface area contributed by atoms with E-state index in [1.807, 2.05) is 42.5 Å².